The zero-order chi connectivity index (χ0) is 13.3. The van der Waals surface area contributed by atoms with Crippen molar-refractivity contribution in [3.05, 3.63) is 29.5 Å². The number of aromatic nitrogens is 2. The van der Waals surface area contributed by atoms with Crippen LogP contribution < -0.4 is 4.74 Å². The summed E-state index contributed by atoms with van der Waals surface area (Å²) in [5.74, 6) is 1.44. The maximum Gasteiger partial charge on any atom is 0.236 e. The Balaban J connectivity index is 2.63. The van der Waals surface area contributed by atoms with E-state index in [4.69, 9.17) is 4.74 Å². The van der Waals surface area contributed by atoms with Crippen LogP contribution in [0.5, 0.6) is 5.88 Å². The molecule has 0 aliphatic heterocycles. The lowest BCUT2D eigenvalue weighted by atomic mass is 10.0. The molecule has 0 saturated carbocycles. The molecule has 0 spiro atoms. The SMILES string of the molecule is COc1nc2cc(C(C)C)ccc2nc1C(C)C. The van der Waals surface area contributed by atoms with Gasteiger partial charge in [-0.2, -0.15) is 0 Å². The standard InChI is InChI=1S/C15H20N2O/c1-9(2)11-6-7-12-13(8-11)17-15(18-5)14(16-12)10(3)4/h6-10H,1-5H3. The number of methoxy groups -OCH3 is 1. The molecule has 0 atom stereocenters. The van der Waals surface area contributed by atoms with E-state index >= 15 is 0 Å². The Kier molecular flexibility index (Phi) is 3.50. The summed E-state index contributed by atoms with van der Waals surface area (Å²) >= 11 is 0. The summed E-state index contributed by atoms with van der Waals surface area (Å²) in [7, 11) is 1.65. The van der Waals surface area contributed by atoms with Crippen LogP contribution in [0.25, 0.3) is 11.0 Å². The van der Waals surface area contributed by atoms with Gasteiger partial charge in [0.05, 0.1) is 18.1 Å². The van der Waals surface area contributed by atoms with Crippen molar-refractivity contribution in [1.29, 1.82) is 0 Å². The molecule has 18 heavy (non-hydrogen) atoms. The van der Waals surface area contributed by atoms with Crippen molar-refractivity contribution in [1.82, 2.24) is 9.97 Å². The van der Waals surface area contributed by atoms with Crippen LogP contribution in [0.3, 0.4) is 0 Å². The molecule has 0 amide bonds. The Labute approximate surface area is 108 Å². The summed E-state index contributed by atoms with van der Waals surface area (Å²) in [5.41, 5.74) is 4.03. The van der Waals surface area contributed by atoms with Gasteiger partial charge in [0.1, 0.15) is 5.69 Å². The molecule has 1 aromatic heterocycles. The molecular weight excluding hydrogens is 224 g/mol. The molecule has 1 heterocycles. The number of hydrogen-bond donors (Lipinski definition) is 0. The fourth-order valence-electron chi connectivity index (χ4n) is 1.95. The Bertz CT molecular complexity index is 562. The molecule has 0 bridgehead atoms. The predicted molar refractivity (Wildman–Crippen MR) is 74.3 cm³/mol. The van der Waals surface area contributed by atoms with Crippen LogP contribution in [0.1, 0.15) is 50.8 Å². The molecule has 2 aromatic rings. The molecule has 0 saturated heterocycles. The first-order chi connectivity index (χ1) is 8.52. The van der Waals surface area contributed by atoms with Crippen LogP contribution in [0.4, 0.5) is 0 Å². The highest BCUT2D eigenvalue weighted by molar-refractivity contribution is 5.76. The summed E-state index contributed by atoms with van der Waals surface area (Å²) in [4.78, 5) is 9.23. The molecule has 96 valence electrons. The van der Waals surface area contributed by atoms with Gasteiger partial charge in [-0.3, -0.25) is 0 Å². The average molecular weight is 244 g/mol. The van der Waals surface area contributed by atoms with Gasteiger partial charge in [-0.05, 0) is 23.6 Å². The quantitative estimate of drug-likeness (QED) is 0.821. The van der Waals surface area contributed by atoms with Gasteiger partial charge >= 0.3 is 0 Å². The molecule has 0 unspecified atom stereocenters. The molecule has 0 aliphatic rings. The maximum atomic E-state index is 5.34. The van der Waals surface area contributed by atoms with E-state index in [2.05, 4.69) is 49.8 Å². The lowest BCUT2D eigenvalue weighted by molar-refractivity contribution is 0.389. The van der Waals surface area contributed by atoms with Gasteiger partial charge in [-0.1, -0.05) is 33.8 Å². The Morgan fingerprint density at radius 1 is 0.944 bits per heavy atom. The molecule has 1 aromatic carbocycles. The third-order valence-electron chi connectivity index (χ3n) is 3.09. The second-order valence-corrected chi connectivity index (χ2v) is 5.18. The van der Waals surface area contributed by atoms with Crippen molar-refractivity contribution >= 4 is 11.0 Å². The summed E-state index contributed by atoms with van der Waals surface area (Å²) in [6, 6.07) is 6.26. The van der Waals surface area contributed by atoms with Crippen LogP contribution in [0.2, 0.25) is 0 Å². The summed E-state index contributed by atoms with van der Waals surface area (Å²) in [5, 5.41) is 0. The Hall–Kier alpha value is -1.64. The third-order valence-corrected chi connectivity index (χ3v) is 3.09. The first-order valence-electron chi connectivity index (χ1n) is 6.38. The predicted octanol–water partition coefficient (Wildman–Crippen LogP) is 3.89. The zero-order valence-corrected chi connectivity index (χ0v) is 11.7. The number of rotatable bonds is 3. The van der Waals surface area contributed by atoms with E-state index in [1.807, 2.05) is 6.07 Å². The molecule has 0 radical (unpaired) electrons. The minimum Gasteiger partial charge on any atom is -0.480 e. The van der Waals surface area contributed by atoms with Gasteiger partial charge in [0, 0.05) is 5.92 Å². The first-order valence-corrected chi connectivity index (χ1v) is 6.38. The minimum atomic E-state index is 0.307. The average Bonchev–Trinajstić information content (AvgIpc) is 2.36. The van der Waals surface area contributed by atoms with E-state index in [1.54, 1.807) is 7.11 Å². The molecule has 2 rings (SSSR count). The summed E-state index contributed by atoms with van der Waals surface area (Å²) < 4.78 is 5.34. The lowest BCUT2D eigenvalue weighted by Gasteiger charge is -2.12. The van der Waals surface area contributed by atoms with Gasteiger partial charge in [0.25, 0.3) is 0 Å². The smallest absolute Gasteiger partial charge is 0.236 e. The highest BCUT2D eigenvalue weighted by atomic mass is 16.5. The van der Waals surface area contributed by atoms with Crippen molar-refractivity contribution in [2.75, 3.05) is 7.11 Å². The topological polar surface area (TPSA) is 35.0 Å². The monoisotopic (exact) mass is 244 g/mol. The van der Waals surface area contributed by atoms with Crippen molar-refractivity contribution in [2.24, 2.45) is 0 Å². The Morgan fingerprint density at radius 3 is 2.22 bits per heavy atom. The molecule has 3 heteroatoms. The van der Waals surface area contributed by atoms with Crippen molar-refractivity contribution in [3.8, 4) is 5.88 Å². The van der Waals surface area contributed by atoms with Crippen molar-refractivity contribution in [3.63, 3.8) is 0 Å². The van der Waals surface area contributed by atoms with Gasteiger partial charge in [0.15, 0.2) is 0 Å². The van der Waals surface area contributed by atoms with Crippen molar-refractivity contribution in [2.45, 2.75) is 39.5 Å². The highest BCUT2D eigenvalue weighted by Crippen LogP contribution is 2.26. The fraction of sp³-hybridized carbons (Fsp3) is 0.467. The van der Waals surface area contributed by atoms with E-state index in [1.165, 1.54) is 5.56 Å². The largest absolute Gasteiger partial charge is 0.480 e. The van der Waals surface area contributed by atoms with Gasteiger partial charge in [-0.15, -0.1) is 0 Å². The highest BCUT2D eigenvalue weighted by Gasteiger charge is 2.13. The van der Waals surface area contributed by atoms with Gasteiger partial charge in [-0.25, -0.2) is 9.97 Å². The molecule has 0 aliphatic carbocycles. The molecular formula is C15H20N2O. The number of fused-ring (bicyclic) bond motifs is 1. The summed E-state index contributed by atoms with van der Waals surface area (Å²) in [6.45, 7) is 8.55. The van der Waals surface area contributed by atoms with Crippen LogP contribution >= 0.6 is 0 Å². The van der Waals surface area contributed by atoms with Crippen LogP contribution in [-0.4, -0.2) is 17.1 Å². The van der Waals surface area contributed by atoms with Crippen LogP contribution in [-0.2, 0) is 0 Å². The first kappa shape index (κ1) is 12.8. The number of hydrogen-bond acceptors (Lipinski definition) is 3. The normalized spacial score (nSPS) is 11.5. The molecule has 0 N–H and O–H groups in total. The van der Waals surface area contributed by atoms with Crippen LogP contribution in [0.15, 0.2) is 18.2 Å². The number of nitrogens with zero attached hydrogens (tertiary/aromatic N) is 2. The molecule has 3 nitrogen and oxygen atoms in total. The number of benzene rings is 1. The number of ether oxygens (including phenoxy) is 1. The second-order valence-electron chi connectivity index (χ2n) is 5.18. The van der Waals surface area contributed by atoms with E-state index < -0.39 is 0 Å². The zero-order valence-electron chi connectivity index (χ0n) is 11.7. The van der Waals surface area contributed by atoms with Gasteiger partial charge in [0.2, 0.25) is 5.88 Å². The fourth-order valence-corrected chi connectivity index (χ4v) is 1.95. The van der Waals surface area contributed by atoms with Crippen LogP contribution in [0, 0.1) is 0 Å². The third kappa shape index (κ3) is 2.30. The van der Waals surface area contributed by atoms with E-state index in [9.17, 15) is 0 Å². The van der Waals surface area contributed by atoms with Gasteiger partial charge < -0.3 is 4.74 Å². The summed E-state index contributed by atoms with van der Waals surface area (Å²) in [6.07, 6.45) is 0. The Morgan fingerprint density at radius 2 is 1.67 bits per heavy atom. The maximum absolute atomic E-state index is 5.34. The lowest BCUT2D eigenvalue weighted by Crippen LogP contribution is -2.02. The van der Waals surface area contributed by atoms with E-state index in [0.29, 0.717) is 17.7 Å². The second kappa shape index (κ2) is 4.92. The minimum absolute atomic E-state index is 0.307. The van der Waals surface area contributed by atoms with E-state index in [-0.39, 0.29) is 0 Å². The molecule has 0 fully saturated rings. The van der Waals surface area contributed by atoms with Crippen molar-refractivity contribution < 1.29 is 4.74 Å². The van der Waals surface area contributed by atoms with E-state index in [0.717, 1.165) is 16.7 Å².